The number of guanidine groups is 1. The zero-order valence-corrected chi connectivity index (χ0v) is 16.4. The second kappa shape index (κ2) is 7.90. The second-order valence-electron chi connectivity index (χ2n) is 6.80. The van der Waals surface area contributed by atoms with E-state index >= 15 is 0 Å². The summed E-state index contributed by atoms with van der Waals surface area (Å²) in [5.41, 5.74) is 0. The van der Waals surface area contributed by atoms with Gasteiger partial charge in [-0.15, -0.1) is 0 Å². The van der Waals surface area contributed by atoms with E-state index in [2.05, 4.69) is 29.1 Å². The molecule has 1 rings (SSSR count). The topological polar surface area (TPSA) is 61.8 Å². The predicted molar refractivity (Wildman–Crippen MR) is 97.6 cm³/mol. The van der Waals surface area contributed by atoms with Gasteiger partial charge in [-0.2, -0.15) is 11.8 Å². The molecule has 0 spiro atoms. The highest BCUT2D eigenvalue weighted by Gasteiger charge is 2.31. The van der Waals surface area contributed by atoms with Crippen molar-refractivity contribution in [3.8, 4) is 0 Å². The van der Waals surface area contributed by atoms with Crippen molar-refractivity contribution in [1.29, 1.82) is 0 Å². The van der Waals surface area contributed by atoms with Gasteiger partial charge in [0.1, 0.15) is 0 Å². The molecule has 0 aliphatic carbocycles. The largest absolute Gasteiger partial charge is 0.357 e. The number of hydrogen-bond donors (Lipinski definition) is 1. The van der Waals surface area contributed by atoms with Crippen LogP contribution in [0, 0.1) is 5.92 Å². The molecule has 1 fully saturated rings. The lowest BCUT2D eigenvalue weighted by atomic mass is 10.1. The van der Waals surface area contributed by atoms with Crippen molar-refractivity contribution in [1.82, 2.24) is 10.2 Å². The van der Waals surface area contributed by atoms with Crippen molar-refractivity contribution in [2.45, 2.75) is 44.6 Å². The Kier molecular flexibility index (Phi) is 7.05. The molecular weight excluding hydrogens is 318 g/mol. The molecule has 1 N–H and O–H groups in total. The highest BCUT2D eigenvalue weighted by molar-refractivity contribution is 8.00. The van der Waals surface area contributed by atoms with E-state index in [1.54, 1.807) is 13.8 Å². The van der Waals surface area contributed by atoms with Crippen molar-refractivity contribution in [3.05, 3.63) is 0 Å². The van der Waals surface area contributed by atoms with Crippen LogP contribution in [0.4, 0.5) is 0 Å². The Morgan fingerprint density at radius 2 is 2.09 bits per heavy atom. The quantitative estimate of drug-likeness (QED) is 0.606. The first-order chi connectivity index (χ1) is 10.1. The Balaban J connectivity index is 2.86. The van der Waals surface area contributed by atoms with Gasteiger partial charge in [0.2, 0.25) is 0 Å². The van der Waals surface area contributed by atoms with E-state index in [0.717, 1.165) is 31.3 Å². The highest BCUT2D eigenvalue weighted by atomic mass is 32.2. The number of aliphatic imine (C=N–C) groups is 1. The molecule has 0 saturated carbocycles. The maximum absolute atomic E-state index is 11.8. The minimum absolute atomic E-state index is 0.282. The third-order valence-corrected chi connectivity index (χ3v) is 7.76. The van der Waals surface area contributed by atoms with E-state index in [9.17, 15) is 8.42 Å². The van der Waals surface area contributed by atoms with Gasteiger partial charge in [0.25, 0.3) is 0 Å². The summed E-state index contributed by atoms with van der Waals surface area (Å²) in [5.74, 6) is 2.55. The molecule has 1 aliphatic heterocycles. The maximum atomic E-state index is 11.8. The van der Waals surface area contributed by atoms with Crippen molar-refractivity contribution < 1.29 is 8.42 Å². The van der Waals surface area contributed by atoms with Gasteiger partial charge >= 0.3 is 0 Å². The van der Waals surface area contributed by atoms with Gasteiger partial charge in [0, 0.05) is 36.9 Å². The van der Waals surface area contributed by atoms with Gasteiger partial charge in [0.15, 0.2) is 15.8 Å². The first-order valence-corrected chi connectivity index (χ1v) is 10.9. The summed E-state index contributed by atoms with van der Waals surface area (Å²) >= 11 is 2.02. The molecule has 22 heavy (non-hydrogen) atoms. The molecule has 1 heterocycles. The normalized spacial score (nSPS) is 21.3. The van der Waals surface area contributed by atoms with E-state index in [0.29, 0.717) is 11.2 Å². The van der Waals surface area contributed by atoms with Gasteiger partial charge < -0.3 is 10.2 Å². The molecule has 130 valence electrons. The van der Waals surface area contributed by atoms with Crippen molar-refractivity contribution in [2.24, 2.45) is 10.9 Å². The highest BCUT2D eigenvalue weighted by Crippen LogP contribution is 2.25. The second-order valence-corrected chi connectivity index (χ2v) is 10.8. The lowest BCUT2D eigenvalue weighted by Gasteiger charge is -2.36. The fourth-order valence-corrected chi connectivity index (χ4v) is 3.68. The molecule has 0 bridgehead atoms. The van der Waals surface area contributed by atoms with Crippen LogP contribution >= 0.6 is 11.8 Å². The average molecular weight is 350 g/mol. The van der Waals surface area contributed by atoms with E-state index in [4.69, 9.17) is 0 Å². The lowest BCUT2D eigenvalue weighted by Crippen LogP contribution is -2.49. The number of sulfone groups is 1. The number of nitrogens with zero attached hydrogens (tertiary/aromatic N) is 2. The molecule has 1 aliphatic rings. The Labute approximate surface area is 140 Å². The van der Waals surface area contributed by atoms with E-state index in [1.165, 1.54) is 6.26 Å². The van der Waals surface area contributed by atoms with Crippen LogP contribution in [-0.2, 0) is 9.84 Å². The van der Waals surface area contributed by atoms with Crippen LogP contribution in [-0.4, -0.2) is 67.5 Å². The summed E-state index contributed by atoms with van der Waals surface area (Å²) in [6.07, 6.45) is 1.28. The molecule has 0 aromatic carbocycles. The number of hydrogen-bond acceptors (Lipinski definition) is 4. The minimum atomic E-state index is -3.13. The molecular formula is C15H31N3O2S2. The zero-order chi connectivity index (χ0) is 17.0. The van der Waals surface area contributed by atoms with E-state index in [-0.39, 0.29) is 6.54 Å². The molecule has 1 saturated heterocycles. The number of rotatable bonds is 5. The van der Waals surface area contributed by atoms with E-state index < -0.39 is 14.6 Å². The molecule has 0 amide bonds. The summed E-state index contributed by atoms with van der Waals surface area (Å²) in [6, 6.07) is 0. The molecule has 1 atom stereocenters. The SMILES string of the molecule is CCNC(=NCC(C)(C)S(C)(=O)=O)N1CCSC(C(C)C)C1. The van der Waals surface area contributed by atoms with Gasteiger partial charge in [0.05, 0.1) is 11.3 Å². The summed E-state index contributed by atoms with van der Waals surface area (Å²) in [4.78, 5) is 6.88. The minimum Gasteiger partial charge on any atom is -0.357 e. The van der Waals surface area contributed by atoms with Crippen LogP contribution in [0.15, 0.2) is 4.99 Å². The summed E-state index contributed by atoms with van der Waals surface area (Å²) in [6.45, 7) is 13.0. The van der Waals surface area contributed by atoms with Crippen LogP contribution in [0.3, 0.4) is 0 Å². The Bertz CT molecular complexity index is 487. The third kappa shape index (κ3) is 5.33. The van der Waals surface area contributed by atoms with Crippen LogP contribution < -0.4 is 5.32 Å². The Morgan fingerprint density at radius 3 is 2.59 bits per heavy atom. The Hall–Kier alpha value is -0.430. The fourth-order valence-electron chi connectivity index (χ4n) is 2.08. The smallest absolute Gasteiger partial charge is 0.194 e. The van der Waals surface area contributed by atoms with Gasteiger partial charge in [-0.3, -0.25) is 4.99 Å². The molecule has 0 aromatic heterocycles. The molecule has 0 aromatic rings. The third-order valence-electron chi connectivity index (χ3n) is 4.08. The monoisotopic (exact) mass is 349 g/mol. The first-order valence-electron chi connectivity index (χ1n) is 7.93. The lowest BCUT2D eigenvalue weighted by molar-refractivity contribution is 0.380. The average Bonchev–Trinajstić information content (AvgIpc) is 2.42. The molecule has 5 nitrogen and oxygen atoms in total. The molecule has 1 unspecified atom stereocenters. The van der Waals surface area contributed by atoms with Crippen LogP contribution in [0.5, 0.6) is 0 Å². The van der Waals surface area contributed by atoms with Crippen LogP contribution in [0.25, 0.3) is 0 Å². The summed E-state index contributed by atoms with van der Waals surface area (Å²) in [7, 11) is -3.13. The van der Waals surface area contributed by atoms with Gasteiger partial charge in [-0.1, -0.05) is 13.8 Å². The summed E-state index contributed by atoms with van der Waals surface area (Å²) < 4.78 is 22.8. The first kappa shape index (κ1) is 19.6. The van der Waals surface area contributed by atoms with Gasteiger partial charge in [-0.25, -0.2) is 8.42 Å². The Morgan fingerprint density at radius 1 is 1.45 bits per heavy atom. The van der Waals surface area contributed by atoms with Crippen LogP contribution in [0.1, 0.15) is 34.6 Å². The predicted octanol–water partition coefficient (Wildman–Crippen LogP) is 1.85. The van der Waals surface area contributed by atoms with Crippen LogP contribution in [0.2, 0.25) is 0 Å². The zero-order valence-electron chi connectivity index (χ0n) is 14.7. The number of thioether (sulfide) groups is 1. The fraction of sp³-hybridized carbons (Fsp3) is 0.933. The van der Waals surface area contributed by atoms with Crippen molar-refractivity contribution >= 4 is 27.6 Å². The maximum Gasteiger partial charge on any atom is 0.194 e. The van der Waals surface area contributed by atoms with Crippen molar-refractivity contribution in [2.75, 3.05) is 38.2 Å². The molecule has 0 radical (unpaired) electrons. The van der Waals surface area contributed by atoms with E-state index in [1.807, 2.05) is 18.7 Å². The standard InChI is InChI=1S/C15H31N3O2S2/c1-7-16-14(17-11-15(4,5)22(6,19)20)18-8-9-21-13(10-18)12(2)3/h12-13H,7-11H2,1-6H3,(H,16,17). The number of nitrogens with one attached hydrogen (secondary N) is 1. The van der Waals surface area contributed by atoms with Crippen molar-refractivity contribution in [3.63, 3.8) is 0 Å². The molecule has 7 heteroatoms. The summed E-state index contributed by atoms with van der Waals surface area (Å²) in [5, 5.41) is 3.91. The van der Waals surface area contributed by atoms with Gasteiger partial charge in [-0.05, 0) is 26.7 Å².